The van der Waals surface area contributed by atoms with Crippen molar-refractivity contribution in [2.75, 3.05) is 17.2 Å². The summed E-state index contributed by atoms with van der Waals surface area (Å²) in [6.07, 6.45) is 0. The Morgan fingerprint density at radius 1 is 0.871 bits per heavy atom. The average molecular weight is 418 g/mol. The maximum Gasteiger partial charge on any atom is 0.255 e. The minimum atomic E-state index is -0.243. The van der Waals surface area contributed by atoms with E-state index >= 15 is 0 Å². The zero-order valence-electron chi connectivity index (χ0n) is 17.9. The van der Waals surface area contributed by atoms with Gasteiger partial charge in [-0.1, -0.05) is 12.1 Å². The fourth-order valence-electron chi connectivity index (χ4n) is 3.04. The second kappa shape index (κ2) is 10.3. The quantitative estimate of drug-likeness (QED) is 0.528. The van der Waals surface area contributed by atoms with Gasteiger partial charge in [-0.15, -0.1) is 0 Å². The first-order chi connectivity index (χ1) is 14.9. The second-order valence-electron chi connectivity index (χ2n) is 7.07. The van der Waals surface area contributed by atoms with Crippen molar-refractivity contribution in [3.63, 3.8) is 0 Å². The van der Waals surface area contributed by atoms with Crippen molar-refractivity contribution in [1.82, 2.24) is 0 Å². The van der Waals surface area contributed by atoms with Crippen LogP contribution in [0.5, 0.6) is 11.5 Å². The maximum absolute atomic E-state index is 12.8. The molecule has 3 aromatic carbocycles. The third kappa shape index (κ3) is 6.34. The first-order valence-corrected chi connectivity index (χ1v) is 10.1. The van der Waals surface area contributed by atoms with E-state index in [9.17, 15) is 9.59 Å². The molecule has 3 aromatic rings. The topological polar surface area (TPSA) is 76.7 Å². The smallest absolute Gasteiger partial charge is 0.255 e. The van der Waals surface area contributed by atoms with Crippen LogP contribution in [-0.4, -0.2) is 18.4 Å². The molecule has 0 saturated carbocycles. The summed E-state index contributed by atoms with van der Waals surface area (Å²) in [4.78, 5) is 23.9. The van der Waals surface area contributed by atoms with Gasteiger partial charge in [0.2, 0.25) is 5.91 Å². The van der Waals surface area contributed by atoms with Crippen LogP contribution in [0.1, 0.15) is 35.3 Å². The van der Waals surface area contributed by atoms with Crippen LogP contribution in [0.25, 0.3) is 0 Å². The van der Waals surface area contributed by atoms with E-state index in [1.165, 1.54) is 6.92 Å². The zero-order chi connectivity index (χ0) is 22.2. The molecule has 0 aliphatic carbocycles. The summed E-state index contributed by atoms with van der Waals surface area (Å²) in [6.45, 7) is 6.17. The molecule has 0 aliphatic rings. The van der Waals surface area contributed by atoms with Gasteiger partial charge in [0.05, 0.1) is 6.61 Å². The molecular formula is C25H26N2O4. The molecule has 2 N–H and O–H groups in total. The number of aryl methyl sites for hydroxylation is 1. The molecular weight excluding hydrogens is 392 g/mol. The van der Waals surface area contributed by atoms with Crippen LogP contribution < -0.4 is 20.1 Å². The number of hydrogen-bond donors (Lipinski definition) is 2. The fraction of sp³-hybridized carbons (Fsp3) is 0.200. The molecule has 0 radical (unpaired) electrons. The average Bonchev–Trinajstić information content (AvgIpc) is 2.74. The Morgan fingerprint density at radius 3 is 2.23 bits per heavy atom. The molecule has 0 aromatic heterocycles. The van der Waals surface area contributed by atoms with Gasteiger partial charge in [0.1, 0.15) is 18.1 Å². The van der Waals surface area contributed by atoms with Crippen molar-refractivity contribution >= 4 is 23.2 Å². The molecule has 31 heavy (non-hydrogen) atoms. The fourth-order valence-corrected chi connectivity index (χ4v) is 3.04. The second-order valence-corrected chi connectivity index (χ2v) is 7.07. The molecule has 0 spiro atoms. The summed E-state index contributed by atoms with van der Waals surface area (Å²) in [7, 11) is 0. The van der Waals surface area contributed by atoms with Crippen LogP contribution in [0.15, 0.2) is 66.7 Å². The standard InChI is InChI=1S/C25H26N2O4/c1-4-30-24-13-8-19(15-20(24)16-31-23-7-5-6-17(2)14-23)25(29)27-22-11-9-21(10-12-22)26-18(3)28/h5-15H,4,16H2,1-3H3,(H,26,28)(H,27,29). The molecule has 2 amide bonds. The largest absolute Gasteiger partial charge is 0.493 e. The van der Waals surface area contributed by atoms with E-state index in [4.69, 9.17) is 9.47 Å². The summed E-state index contributed by atoms with van der Waals surface area (Å²) in [6, 6.07) is 20.0. The molecule has 0 heterocycles. The van der Waals surface area contributed by atoms with Crippen LogP contribution in [0.3, 0.4) is 0 Å². The lowest BCUT2D eigenvalue weighted by atomic mass is 10.1. The lowest BCUT2D eigenvalue weighted by Gasteiger charge is -2.14. The Kier molecular flexibility index (Phi) is 7.27. The number of ether oxygens (including phenoxy) is 2. The van der Waals surface area contributed by atoms with Gasteiger partial charge in [-0.05, 0) is 74.0 Å². The van der Waals surface area contributed by atoms with Gasteiger partial charge in [-0.25, -0.2) is 0 Å². The van der Waals surface area contributed by atoms with E-state index in [2.05, 4.69) is 10.6 Å². The SMILES string of the molecule is CCOc1ccc(C(=O)Nc2ccc(NC(C)=O)cc2)cc1COc1cccc(C)c1. The summed E-state index contributed by atoms with van der Waals surface area (Å²) >= 11 is 0. The van der Waals surface area contributed by atoms with Crippen LogP contribution >= 0.6 is 0 Å². The summed E-state index contributed by atoms with van der Waals surface area (Å²) in [5.41, 5.74) is 3.70. The molecule has 0 bridgehead atoms. The number of anilines is 2. The van der Waals surface area contributed by atoms with Gasteiger partial charge in [0.15, 0.2) is 0 Å². The summed E-state index contributed by atoms with van der Waals surface area (Å²) < 4.78 is 11.6. The van der Waals surface area contributed by atoms with Crippen molar-refractivity contribution in [3.8, 4) is 11.5 Å². The van der Waals surface area contributed by atoms with Crippen molar-refractivity contribution in [3.05, 3.63) is 83.4 Å². The van der Waals surface area contributed by atoms with E-state index < -0.39 is 0 Å². The van der Waals surface area contributed by atoms with Crippen molar-refractivity contribution < 1.29 is 19.1 Å². The number of carbonyl (C=O) groups is 2. The summed E-state index contributed by atoms with van der Waals surface area (Å²) in [5.74, 6) is 1.06. The van der Waals surface area contributed by atoms with Crippen molar-refractivity contribution in [2.45, 2.75) is 27.4 Å². The van der Waals surface area contributed by atoms with Crippen molar-refractivity contribution in [2.24, 2.45) is 0 Å². The monoisotopic (exact) mass is 418 g/mol. The van der Waals surface area contributed by atoms with Gasteiger partial charge in [0, 0.05) is 29.4 Å². The highest BCUT2D eigenvalue weighted by molar-refractivity contribution is 6.04. The van der Waals surface area contributed by atoms with Gasteiger partial charge in [0.25, 0.3) is 5.91 Å². The van der Waals surface area contributed by atoms with E-state index in [-0.39, 0.29) is 18.4 Å². The van der Waals surface area contributed by atoms with Crippen LogP contribution in [0, 0.1) is 6.92 Å². The number of carbonyl (C=O) groups excluding carboxylic acids is 2. The van der Waals surface area contributed by atoms with Crippen LogP contribution in [0.2, 0.25) is 0 Å². The molecule has 6 nitrogen and oxygen atoms in total. The molecule has 0 fully saturated rings. The highest BCUT2D eigenvalue weighted by Crippen LogP contribution is 2.24. The van der Waals surface area contributed by atoms with Gasteiger partial charge >= 0.3 is 0 Å². The number of benzene rings is 3. The number of hydrogen-bond acceptors (Lipinski definition) is 4. The minimum absolute atomic E-state index is 0.147. The van der Waals surface area contributed by atoms with E-state index in [0.29, 0.717) is 29.3 Å². The zero-order valence-corrected chi connectivity index (χ0v) is 17.9. The first-order valence-electron chi connectivity index (χ1n) is 10.1. The third-order valence-corrected chi connectivity index (χ3v) is 4.47. The lowest BCUT2D eigenvalue weighted by molar-refractivity contribution is -0.114. The van der Waals surface area contributed by atoms with Gasteiger partial charge in [-0.3, -0.25) is 9.59 Å². The Morgan fingerprint density at radius 2 is 1.58 bits per heavy atom. The van der Waals surface area contributed by atoms with E-state index in [1.54, 1.807) is 42.5 Å². The molecule has 0 atom stereocenters. The Balaban J connectivity index is 1.73. The molecule has 0 aliphatic heterocycles. The normalized spacial score (nSPS) is 10.3. The van der Waals surface area contributed by atoms with Crippen LogP contribution in [0.4, 0.5) is 11.4 Å². The van der Waals surface area contributed by atoms with E-state index in [1.807, 2.05) is 38.1 Å². The third-order valence-electron chi connectivity index (χ3n) is 4.47. The predicted octanol–water partition coefficient (Wildman–Crippen LogP) is 5.18. The molecule has 0 unspecified atom stereocenters. The summed E-state index contributed by atoms with van der Waals surface area (Å²) in [5, 5.41) is 5.56. The molecule has 0 saturated heterocycles. The Bertz CT molecular complexity index is 1060. The predicted molar refractivity (Wildman–Crippen MR) is 122 cm³/mol. The highest BCUT2D eigenvalue weighted by atomic mass is 16.5. The Hall–Kier alpha value is -3.80. The number of nitrogens with one attached hydrogen (secondary N) is 2. The molecule has 160 valence electrons. The minimum Gasteiger partial charge on any atom is -0.493 e. The van der Waals surface area contributed by atoms with Crippen molar-refractivity contribution in [1.29, 1.82) is 0 Å². The molecule has 6 heteroatoms. The van der Waals surface area contributed by atoms with Gasteiger partial charge < -0.3 is 20.1 Å². The highest BCUT2D eigenvalue weighted by Gasteiger charge is 2.12. The lowest BCUT2D eigenvalue weighted by Crippen LogP contribution is -2.13. The number of amides is 2. The molecule has 3 rings (SSSR count). The van der Waals surface area contributed by atoms with Gasteiger partial charge in [-0.2, -0.15) is 0 Å². The maximum atomic E-state index is 12.8. The Labute approximate surface area is 182 Å². The van der Waals surface area contributed by atoms with E-state index in [0.717, 1.165) is 16.9 Å². The number of rotatable bonds is 8. The first kappa shape index (κ1) is 21.9. The van der Waals surface area contributed by atoms with Crippen LogP contribution in [-0.2, 0) is 11.4 Å².